The van der Waals surface area contributed by atoms with Crippen LogP contribution in [-0.4, -0.2) is 18.5 Å². The monoisotopic (exact) mass is 374 g/mol. The Labute approximate surface area is 161 Å². The zero-order valence-corrected chi connectivity index (χ0v) is 15.9. The molecule has 1 atom stereocenters. The molecule has 2 aromatic carbocycles. The summed E-state index contributed by atoms with van der Waals surface area (Å²) in [6, 6.07) is 16.0. The van der Waals surface area contributed by atoms with Crippen molar-refractivity contribution in [1.82, 2.24) is 5.32 Å². The van der Waals surface area contributed by atoms with Gasteiger partial charge in [-0.15, -0.1) is 12.4 Å². The Balaban J connectivity index is 0.00000243. The molecule has 2 aromatic rings. The third-order valence-electron chi connectivity index (χ3n) is 4.68. The van der Waals surface area contributed by atoms with Crippen molar-refractivity contribution in [2.45, 2.75) is 38.8 Å². The minimum Gasteiger partial charge on any atom is -0.489 e. The summed E-state index contributed by atoms with van der Waals surface area (Å²) in [4.78, 5) is 12.1. The van der Waals surface area contributed by atoms with Crippen molar-refractivity contribution in [1.29, 1.82) is 0 Å². The van der Waals surface area contributed by atoms with Crippen LogP contribution >= 0.6 is 12.4 Å². The van der Waals surface area contributed by atoms with Gasteiger partial charge in [0.15, 0.2) is 0 Å². The molecule has 0 saturated heterocycles. The Hall–Kier alpha value is -2.04. The van der Waals surface area contributed by atoms with E-state index in [1.54, 1.807) is 0 Å². The Bertz CT molecular complexity index is 731. The average molecular weight is 375 g/mol. The predicted octanol–water partition coefficient (Wildman–Crippen LogP) is 3.39. The van der Waals surface area contributed by atoms with E-state index >= 15 is 0 Å². The molecular weight excluding hydrogens is 348 g/mol. The summed E-state index contributed by atoms with van der Waals surface area (Å²) in [5.41, 5.74) is 9.34. The van der Waals surface area contributed by atoms with Gasteiger partial charge in [-0.2, -0.15) is 0 Å². The maximum atomic E-state index is 12.1. The molecule has 1 aliphatic carbocycles. The Kier molecular flexibility index (Phi) is 7.49. The zero-order chi connectivity index (χ0) is 17.6. The van der Waals surface area contributed by atoms with Crippen molar-refractivity contribution in [3.63, 3.8) is 0 Å². The fourth-order valence-corrected chi connectivity index (χ4v) is 2.85. The molecule has 0 radical (unpaired) electrons. The Morgan fingerprint density at radius 1 is 1.23 bits per heavy atom. The highest BCUT2D eigenvalue weighted by Crippen LogP contribution is 2.31. The highest BCUT2D eigenvalue weighted by atomic mass is 35.5. The largest absolute Gasteiger partial charge is 0.489 e. The molecule has 1 fully saturated rings. The highest BCUT2D eigenvalue weighted by Gasteiger charge is 2.28. The van der Waals surface area contributed by atoms with Crippen molar-refractivity contribution in [3.05, 3.63) is 65.2 Å². The Morgan fingerprint density at radius 2 is 2.00 bits per heavy atom. The number of rotatable bonds is 8. The lowest BCUT2D eigenvalue weighted by Gasteiger charge is -2.12. The number of aryl methyl sites for hydroxylation is 1. The third-order valence-corrected chi connectivity index (χ3v) is 4.68. The van der Waals surface area contributed by atoms with Crippen LogP contribution in [0, 0.1) is 12.8 Å². The molecule has 0 aromatic heterocycles. The number of ether oxygens (including phenoxy) is 1. The van der Waals surface area contributed by atoms with E-state index in [2.05, 4.69) is 24.4 Å². The summed E-state index contributed by atoms with van der Waals surface area (Å²) in [5.74, 6) is 1.38. The molecule has 1 aliphatic rings. The van der Waals surface area contributed by atoms with Crippen molar-refractivity contribution in [2.24, 2.45) is 11.7 Å². The van der Waals surface area contributed by atoms with Crippen LogP contribution in [0.2, 0.25) is 0 Å². The van der Waals surface area contributed by atoms with Gasteiger partial charge in [0.1, 0.15) is 12.4 Å². The molecule has 1 amide bonds. The first kappa shape index (κ1) is 20.3. The second-order valence-corrected chi connectivity index (χ2v) is 6.84. The summed E-state index contributed by atoms with van der Waals surface area (Å²) in [6.45, 7) is 3.16. The summed E-state index contributed by atoms with van der Waals surface area (Å²) in [6.07, 6.45) is 2.73. The molecule has 1 unspecified atom stereocenters. The number of carbonyl (C=O) groups excluding carboxylic acids is 1. The first-order valence-corrected chi connectivity index (χ1v) is 8.90. The number of nitrogens with two attached hydrogens (primary N) is 1. The number of amides is 1. The van der Waals surface area contributed by atoms with E-state index in [0.717, 1.165) is 11.3 Å². The minimum atomic E-state index is 0. The Morgan fingerprint density at radius 3 is 2.73 bits per heavy atom. The van der Waals surface area contributed by atoms with Crippen molar-refractivity contribution >= 4 is 18.3 Å². The average Bonchev–Trinajstić information content (AvgIpc) is 3.44. The van der Waals surface area contributed by atoms with E-state index < -0.39 is 0 Å². The van der Waals surface area contributed by atoms with Crippen LogP contribution in [0.25, 0.3) is 0 Å². The van der Waals surface area contributed by atoms with Gasteiger partial charge in [0.2, 0.25) is 5.91 Å². The molecule has 3 rings (SSSR count). The van der Waals surface area contributed by atoms with Crippen LogP contribution in [0.5, 0.6) is 5.75 Å². The predicted molar refractivity (Wildman–Crippen MR) is 107 cm³/mol. The topological polar surface area (TPSA) is 64.3 Å². The van der Waals surface area contributed by atoms with Crippen LogP contribution in [0.4, 0.5) is 0 Å². The molecule has 3 N–H and O–H groups in total. The van der Waals surface area contributed by atoms with E-state index in [-0.39, 0.29) is 24.4 Å². The molecule has 5 heteroatoms. The summed E-state index contributed by atoms with van der Waals surface area (Å²) in [7, 11) is 0. The summed E-state index contributed by atoms with van der Waals surface area (Å²) in [5, 5.41) is 2.93. The molecule has 0 aliphatic heterocycles. The standard InChI is InChI=1S/C21H26N2O2.ClH/c1-15-5-2-3-7-18(15)14-25-19-8-4-6-16(11-19)12-21(24)23-13-20(22)17-9-10-17;/h2-8,11,17,20H,9-10,12-14,22H2,1H3,(H,23,24);1H. The van der Waals surface area contributed by atoms with E-state index in [4.69, 9.17) is 10.5 Å². The maximum absolute atomic E-state index is 12.1. The van der Waals surface area contributed by atoms with Gasteiger partial charge in [0.25, 0.3) is 0 Å². The molecule has 4 nitrogen and oxygen atoms in total. The van der Waals surface area contributed by atoms with E-state index in [1.807, 2.05) is 36.4 Å². The first-order valence-electron chi connectivity index (χ1n) is 8.90. The van der Waals surface area contributed by atoms with Gasteiger partial charge < -0.3 is 15.8 Å². The molecule has 0 bridgehead atoms. The molecule has 140 valence electrons. The van der Waals surface area contributed by atoms with Crippen LogP contribution in [0.3, 0.4) is 0 Å². The minimum absolute atomic E-state index is 0. The maximum Gasteiger partial charge on any atom is 0.224 e. The van der Waals surface area contributed by atoms with Crippen molar-refractivity contribution in [2.75, 3.05) is 6.54 Å². The fourth-order valence-electron chi connectivity index (χ4n) is 2.85. The second kappa shape index (κ2) is 9.60. The molecule has 1 saturated carbocycles. The zero-order valence-electron chi connectivity index (χ0n) is 15.1. The molecular formula is C21H27ClN2O2. The lowest BCUT2D eigenvalue weighted by Crippen LogP contribution is -2.39. The SMILES string of the molecule is Cc1ccccc1COc1cccc(CC(=O)NCC(N)C2CC2)c1.Cl. The smallest absolute Gasteiger partial charge is 0.224 e. The van der Waals surface area contributed by atoms with Crippen LogP contribution in [0.1, 0.15) is 29.5 Å². The van der Waals surface area contributed by atoms with Crippen LogP contribution in [0.15, 0.2) is 48.5 Å². The third kappa shape index (κ3) is 6.04. The van der Waals surface area contributed by atoms with Gasteiger partial charge in [-0.1, -0.05) is 36.4 Å². The van der Waals surface area contributed by atoms with Crippen molar-refractivity contribution < 1.29 is 9.53 Å². The highest BCUT2D eigenvalue weighted by molar-refractivity contribution is 5.85. The summed E-state index contributed by atoms with van der Waals surface area (Å²) >= 11 is 0. The van der Waals surface area contributed by atoms with Gasteiger partial charge in [-0.05, 0) is 54.5 Å². The van der Waals surface area contributed by atoms with Crippen molar-refractivity contribution in [3.8, 4) is 5.75 Å². The van der Waals surface area contributed by atoms with Gasteiger partial charge in [0, 0.05) is 12.6 Å². The number of halogens is 1. The number of benzene rings is 2. The number of hydrogen-bond donors (Lipinski definition) is 2. The van der Waals surface area contributed by atoms with Gasteiger partial charge in [-0.3, -0.25) is 4.79 Å². The van der Waals surface area contributed by atoms with Gasteiger partial charge >= 0.3 is 0 Å². The van der Waals surface area contributed by atoms with E-state index in [9.17, 15) is 4.79 Å². The summed E-state index contributed by atoms with van der Waals surface area (Å²) < 4.78 is 5.88. The number of carbonyl (C=O) groups is 1. The van der Waals surface area contributed by atoms with Crippen LogP contribution in [-0.2, 0) is 17.8 Å². The number of hydrogen-bond acceptors (Lipinski definition) is 3. The lowest BCUT2D eigenvalue weighted by atomic mass is 10.1. The fraction of sp³-hybridized carbons (Fsp3) is 0.381. The molecule has 26 heavy (non-hydrogen) atoms. The van der Waals surface area contributed by atoms with E-state index in [0.29, 0.717) is 25.5 Å². The molecule has 0 spiro atoms. The van der Waals surface area contributed by atoms with Gasteiger partial charge in [0.05, 0.1) is 6.42 Å². The quantitative estimate of drug-likeness (QED) is 0.744. The van der Waals surface area contributed by atoms with Crippen LogP contribution < -0.4 is 15.8 Å². The number of nitrogens with one attached hydrogen (secondary N) is 1. The second-order valence-electron chi connectivity index (χ2n) is 6.84. The van der Waals surface area contributed by atoms with Gasteiger partial charge in [-0.25, -0.2) is 0 Å². The van der Waals surface area contributed by atoms with E-state index in [1.165, 1.54) is 24.0 Å². The first-order chi connectivity index (χ1) is 12.1. The molecule has 0 heterocycles. The normalized spacial score (nSPS) is 14.2. The lowest BCUT2D eigenvalue weighted by molar-refractivity contribution is -0.120.